The average Bonchev–Trinajstić information content (AvgIpc) is 2.39. The van der Waals surface area contributed by atoms with Gasteiger partial charge in [0.1, 0.15) is 5.88 Å². The third-order valence-electron chi connectivity index (χ3n) is 2.39. The van der Waals surface area contributed by atoms with E-state index >= 15 is 0 Å². The molecule has 0 rings (SSSR count). The largest absolute Gasteiger partial charge is 0.440 e. The number of allylic oxidation sites excluding steroid dienone is 1. The number of hydroxylamine groups is 1. The van der Waals surface area contributed by atoms with Crippen LogP contribution in [0.5, 0.6) is 0 Å². The lowest BCUT2D eigenvalue weighted by atomic mass is 9.88. The highest BCUT2D eigenvalue weighted by Gasteiger charge is 2.17. The van der Waals surface area contributed by atoms with Gasteiger partial charge >= 0.3 is 6.09 Å². The molecule has 0 atom stereocenters. The minimum Gasteiger partial charge on any atom is -0.324 e. The molecule has 0 fully saturated rings. The van der Waals surface area contributed by atoms with Gasteiger partial charge in [-0.05, 0) is 11.8 Å². The van der Waals surface area contributed by atoms with Crippen LogP contribution in [0.25, 0.3) is 0 Å². The molecule has 0 aliphatic carbocycles. The van der Waals surface area contributed by atoms with E-state index in [1.807, 2.05) is 13.8 Å². The molecule has 106 valence electrons. The van der Waals surface area contributed by atoms with Crippen LogP contribution in [-0.4, -0.2) is 29.8 Å². The zero-order chi connectivity index (χ0) is 14.9. The Kier molecular flexibility index (Phi) is 7.61. The van der Waals surface area contributed by atoms with Gasteiger partial charge in [0.2, 0.25) is 5.91 Å². The van der Waals surface area contributed by atoms with Crippen molar-refractivity contribution in [2.24, 2.45) is 5.41 Å². The Morgan fingerprint density at radius 1 is 1.53 bits per heavy atom. The first-order valence-corrected chi connectivity index (χ1v) is 6.21. The van der Waals surface area contributed by atoms with Crippen molar-refractivity contribution >= 4 is 23.6 Å². The smallest absolute Gasteiger partial charge is 0.324 e. The number of nitriles is 1. The molecule has 0 bridgehead atoms. The minimum atomic E-state index is -0.842. The van der Waals surface area contributed by atoms with Gasteiger partial charge in [-0.2, -0.15) is 5.26 Å². The average molecular weight is 288 g/mol. The Bertz CT molecular complexity index is 388. The van der Waals surface area contributed by atoms with E-state index in [0.29, 0.717) is 12.8 Å². The monoisotopic (exact) mass is 287 g/mol. The number of halogens is 1. The van der Waals surface area contributed by atoms with Crippen LogP contribution in [0.4, 0.5) is 4.79 Å². The summed E-state index contributed by atoms with van der Waals surface area (Å²) in [5.74, 6) is -0.838. The number of nitrogens with zero attached hydrogens (tertiary/aromatic N) is 2. The molecule has 0 heterocycles. The van der Waals surface area contributed by atoms with Crippen LogP contribution in [0.2, 0.25) is 0 Å². The Labute approximate surface area is 117 Å². The van der Waals surface area contributed by atoms with Crippen molar-refractivity contribution in [1.29, 1.82) is 5.26 Å². The molecular weight excluding hydrogens is 270 g/mol. The number of rotatable bonds is 6. The van der Waals surface area contributed by atoms with Crippen LogP contribution >= 0.6 is 11.6 Å². The van der Waals surface area contributed by atoms with Gasteiger partial charge in [0.15, 0.2) is 0 Å². The standard InChI is InChI=1S/C12H18ClN3O3/c1-12(2,5-4-7-14)6-8-15-19-11(18)16(3)10(17)9-13/h6,8,15H,4-5,9H2,1-3H3. The van der Waals surface area contributed by atoms with Crippen LogP contribution < -0.4 is 5.48 Å². The first-order valence-electron chi connectivity index (χ1n) is 5.67. The SMILES string of the molecule is CN(C(=O)CCl)C(=O)ONC=CC(C)(C)CCC#N. The quantitative estimate of drug-likeness (QED) is 0.598. The molecular formula is C12H18ClN3O3. The molecule has 6 nitrogen and oxygen atoms in total. The summed E-state index contributed by atoms with van der Waals surface area (Å²) in [7, 11) is 1.27. The summed E-state index contributed by atoms with van der Waals surface area (Å²) in [5, 5.41) is 8.50. The maximum Gasteiger partial charge on any atom is 0.440 e. The summed E-state index contributed by atoms with van der Waals surface area (Å²) < 4.78 is 0. The lowest BCUT2D eigenvalue weighted by Gasteiger charge is -2.18. The number of alkyl halides is 1. The molecule has 0 aromatic carbocycles. The Morgan fingerprint density at radius 3 is 2.68 bits per heavy atom. The van der Waals surface area contributed by atoms with Gasteiger partial charge in [-0.15, -0.1) is 11.6 Å². The number of carbonyl (C=O) groups excluding carboxylic acids is 2. The third-order valence-corrected chi connectivity index (χ3v) is 2.62. The highest BCUT2D eigenvalue weighted by molar-refractivity contribution is 6.28. The molecule has 0 spiro atoms. The predicted molar refractivity (Wildman–Crippen MR) is 70.9 cm³/mol. The van der Waals surface area contributed by atoms with Crippen molar-refractivity contribution in [3.8, 4) is 6.07 Å². The summed E-state index contributed by atoms with van der Waals surface area (Å²) in [4.78, 5) is 27.8. The van der Waals surface area contributed by atoms with E-state index in [4.69, 9.17) is 16.9 Å². The number of hydrogen-bond donors (Lipinski definition) is 1. The van der Waals surface area contributed by atoms with E-state index in [0.717, 1.165) is 4.90 Å². The summed E-state index contributed by atoms with van der Waals surface area (Å²) in [6.07, 6.45) is 3.53. The van der Waals surface area contributed by atoms with Crippen molar-refractivity contribution in [1.82, 2.24) is 10.4 Å². The fourth-order valence-corrected chi connectivity index (χ4v) is 1.24. The van der Waals surface area contributed by atoms with Crippen LogP contribution in [-0.2, 0) is 9.63 Å². The predicted octanol–water partition coefficient (Wildman–Crippen LogP) is 2.17. The maximum atomic E-state index is 11.3. The maximum absolute atomic E-state index is 11.3. The minimum absolute atomic E-state index is 0.188. The van der Waals surface area contributed by atoms with E-state index in [2.05, 4.69) is 16.4 Å². The zero-order valence-corrected chi connectivity index (χ0v) is 12.0. The van der Waals surface area contributed by atoms with Gasteiger partial charge in [0.25, 0.3) is 0 Å². The number of carbonyl (C=O) groups is 2. The molecule has 2 amide bonds. The van der Waals surface area contributed by atoms with E-state index in [1.165, 1.54) is 13.2 Å². The van der Waals surface area contributed by atoms with Gasteiger partial charge in [0, 0.05) is 19.7 Å². The molecule has 0 saturated carbocycles. The molecule has 0 saturated heterocycles. The van der Waals surface area contributed by atoms with E-state index in [-0.39, 0.29) is 11.3 Å². The lowest BCUT2D eigenvalue weighted by molar-refractivity contribution is -0.126. The van der Waals surface area contributed by atoms with Gasteiger partial charge in [0.05, 0.1) is 6.07 Å². The Morgan fingerprint density at radius 2 is 2.16 bits per heavy atom. The molecule has 1 N–H and O–H groups in total. The highest BCUT2D eigenvalue weighted by Crippen LogP contribution is 2.23. The van der Waals surface area contributed by atoms with Gasteiger partial charge in [-0.3, -0.25) is 4.79 Å². The summed E-state index contributed by atoms with van der Waals surface area (Å²) in [6, 6.07) is 2.07. The number of amides is 2. The Balaban J connectivity index is 4.12. The second kappa shape index (κ2) is 8.38. The van der Waals surface area contributed by atoms with Crippen molar-refractivity contribution < 1.29 is 14.4 Å². The van der Waals surface area contributed by atoms with Crippen molar-refractivity contribution in [2.45, 2.75) is 26.7 Å². The van der Waals surface area contributed by atoms with Crippen LogP contribution in [0, 0.1) is 16.7 Å². The second-order valence-electron chi connectivity index (χ2n) is 4.55. The van der Waals surface area contributed by atoms with Crippen molar-refractivity contribution in [3.05, 3.63) is 12.3 Å². The van der Waals surface area contributed by atoms with Gasteiger partial charge in [-0.25, -0.2) is 15.2 Å². The topological polar surface area (TPSA) is 82.4 Å². The normalized spacial score (nSPS) is 10.9. The molecule has 0 aliphatic rings. The lowest BCUT2D eigenvalue weighted by Crippen LogP contribution is -2.36. The zero-order valence-electron chi connectivity index (χ0n) is 11.3. The molecule has 0 aliphatic heterocycles. The van der Waals surface area contributed by atoms with Crippen LogP contribution in [0.3, 0.4) is 0 Å². The molecule has 0 aromatic rings. The molecule has 0 unspecified atom stereocenters. The van der Waals surface area contributed by atoms with Crippen molar-refractivity contribution in [3.63, 3.8) is 0 Å². The summed E-state index contributed by atoms with van der Waals surface area (Å²) >= 11 is 5.30. The number of nitrogens with one attached hydrogen (secondary N) is 1. The van der Waals surface area contributed by atoms with Crippen LogP contribution in [0.15, 0.2) is 12.3 Å². The first-order chi connectivity index (χ1) is 8.84. The van der Waals surface area contributed by atoms with Crippen molar-refractivity contribution in [2.75, 3.05) is 12.9 Å². The molecule has 0 radical (unpaired) electrons. The number of imide groups is 1. The number of hydrogen-bond acceptors (Lipinski definition) is 5. The molecule has 0 aromatic heterocycles. The summed E-state index contributed by atoms with van der Waals surface area (Å²) in [6.45, 7) is 3.90. The fourth-order valence-electron chi connectivity index (χ4n) is 1.07. The summed E-state index contributed by atoms with van der Waals surface area (Å²) in [5.41, 5.74) is 2.14. The molecule has 7 heteroatoms. The molecule has 19 heavy (non-hydrogen) atoms. The first kappa shape index (κ1) is 17.3. The highest BCUT2D eigenvalue weighted by atomic mass is 35.5. The van der Waals surface area contributed by atoms with E-state index in [1.54, 1.807) is 6.08 Å². The van der Waals surface area contributed by atoms with E-state index < -0.39 is 12.0 Å². The third kappa shape index (κ3) is 7.32. The van der Waals surface area contributed by atoms with Gasteiger partial charge in [-0.1, -0.05) is 19.9 Å². The Hall–Kier alpha value is -1.74. The van der Waals surface area contributed by atoms with E-state index in [9.17, 15) is 9.59 Å². The van der Waals surface area contributed by atoms with Crippen LogP contribution in [0.1, 0.15) is 26.7 Å². The van der Waals surface area contributed by atoms with Gasteiger partial charge < -0.3 is 4.84 Å². The fraction of sp³-hybridized carbons (Fsp3) is 0.583. The second-order valence-corrected chi connectivity index (χ2v) is 4.82.